The van der Waals surface area contributed by atoms with E-state index in [9.17, 15) is 0 Å². The molecule has 5 nitrogen and oxygen atoms in total. The van der Waals surface area contributed by atoms with Crippen LogP contribution < -0.4 is 19.3 Å². The molecule has 0 aliphatic heterocycles. The van der Waals surface area contributed by atoms with Gasteiger partial charge in [-0.15, -0.1) is 0 Å². The molecule has 0 spiro atoms. The van der Waals surface area contributed by atoms with Crippen LogP contribution in [0.25, 0.3) is 10.8 Å². The Bertz CT molecular complexity index is 1060. The Labute approximate surface area is 165 Å². The van der Waals surface area contributed by atoms with Crippen LogP contribution in [0, 0.1) is 5.41 Å². The highest BCUT2D eigenvalue weighted by Gasteiger charge is 2.23. The van der Waals surface area contributed by atoms with Crippen LogP contribution in [-0.4, -0.2) is 34.3 Å². The Kier molecular flexibility index (Phi) is 4.59. The number of methoxy groups -OCH3 is 2. The average molecular weight is 375 g/mol. The van der Waals surface area contributed by atoms with Crippen molar-refractivity contribution in [1.82, 2.24) is 0 Å². The molecular formula is C23H25N3O2. The van der Waals surface area contributed by atoms with Gasteiger partial charge in [0.25, 0.3) is 0 Å². The standard InChI is InChI=1S/C23H25N3O2/c1-25(19-12-9-16-7-5-6-15-8-11-18(19)22(15)16)23(24)26(2)20-14-17(27-3)10-13-21(20)28-4/h5-7,9-10,12-14,24H,8,11H2,1-4H3. The van der Waals surface area contributed by atoms with Crippen molar-refractivity contribution < 1.29 is 9.47 Å². The average Bonchev–Trinajstić information content (AvgIpc) is 3.18. The van der Waals surface area contributed by atoms with E-state index < -0.39 is 0 Å². The molecule has 0 saturated heterocycles. The number of hydrogen-bond acceptors (Lipinski definition) is 3. The minimum absolute atomic E-state index is 0.367. The molecule has 1 aliphatic rings. The third-order valence-corrected chi connectivity index (χ3v) is 5.60. The lowest BCUT2D eigenvalue weighted by atomic mass is 10.0. The van der Waals surface area contributed by atoms with Crippen molar-refractivity contribution >= 4 is 28.1 Å². The van der Waals surface area contributed by atoms with Crippen molar-refractivity contribution in [1.29, 1.82) is 5.41 Å². The van der Waals surface area contributed by atoms with Crippen molar-refractivity contribution in [3.05, 3.63) is 59.7 Å². The molecule has 0 radical (unpaired) electrons. The van der Waals surface area contributed by atoms with Crippen molar-refractivity contribution in [3.8, 4) is 11.5 Å². The topological polar surface area (TPSA) is 48.8 Å². The fourth-order valence-corrected chi connectivity index (χ4v) is 4.07. The first kappa shape index (κ1) is 18.2. The number of anilines is 2. The molecule has 4 rings (SSSR count). The maximum absolute atomic E-state index is 8.83. The van der Waals surface area contributed by atoms with E-state index in [0.717, 1.165) is 30.0 Å². The highest BCUT2D eigenvalue weighted by molar-refractivity contribution is 6.07. The number of nitrogens with one attached hydrogen (secondary N) is 1. The van der Waals surface area contributed by atoms with Gasteiger partial charge in [-0.2, -0.15) is 0 Å². The van der Waals surface area contributed by atoms with Crippen LogP contribution in [0.4, 0.5) is 11.4 Å². The monoisotopic (exact) mass is 375 g/mol. The number of rotatable bonds is 4. The van der Waals surface area contributed by atoms with Crippen molar-refractivity contribution in [2.45, 2.75) is 12.8 Å². The zero-order valence-electron chi connectivity index (χ0n) is 16.7. The number of aryl methyl sites for hydroxylation is 2. The Hall–Kier alpha value is -3.21. The maximum Gasteiger partial charge on any atom is 0.202 e. The van der Waals surface area contributed by atoms with Crippen LogP contribution in [0.2, 0.25) is 0 Å². The fraction of sp³-hybridized carbons (Fsp3) is 0.261. The molecule has 1 aliphatic carbocycles. The lowest BCUT2D eigenvalue weighted by molar-refractivity contribution is 0.404. The molecule has 0 amide bonds. The molecule has 0 fully saturated rings. The summed E-state index contributed by atoms with van der Waals surface area (Å²) in [5, 5.41) is 11.5. The molecular weight excluding hydrogens is 350 g/mol. The van der Waals surface area contributed by atoms with Gasteiger partial charge in [0.05, 0.1) is 19.9 Å². The summed E-state index contributed by atoms with van der Waals surface area (Å²) < 4.78 is 10.9. The third-order valence-electron chi connectivity index (χ3n) is 5.60. The SMILES string of the molecule is COc1ccc(OC)c(N(C)C(=N)N(C)c2ccc3cccc4c3c2CC4)c1. The third kappa shape index (κ3) is 2.83. The quantitative estimate of drug-likeness (QED) is 0.540. The van der Waals surface area contributed by atoms with E-state index in [1.54, 1.807) is 14.2 Å². The molecule has 0 aromatic heterocycles. The van der Waals surface area contributed by atoms with E-state index >= 15 is 0 Å². The predicted molar refractivity (Wildman–Crippen MR) is 115 cm³/mol. The second-order valence-electron chi connectivity index (χ2n) is 7.06. The molecule has 0 saturated carbocycles. The number of benzene rings is 3. The largest absolute Gasteiger partial charge is 0.497 e. The van der Waals surface area contributed by atoms with Gasteiger partial charge in [0.2, 0.25) is 5.96 Å². The smallest absolute Gasteiger partial charge is 0.202 e. The van der Waals surface area contributed by atoms with Gasteiger partial charge in [0, 0.05) is 25.8 Å². The minimum Gasteiger partial charge on any atom is -0.497 e. The molecule has 144 valence electrons. The van der Waals surface area contributed by atoms with Gasteiger partial charge in [-0.1, -0.05) is 24.3 Å². The van der Waals surface area contributed by atoms with Gasteiger partial charge in [0.15, 0.2) is 0 Å². The molecule has 0 unspecified atom stereocenters. The first-order valence-electron chi connectivity index (χ1n) is 9.36. The summed E-state index contributed by atoms with van der Waals surface area (Å²) in [6.07, 6.45) is 2.07. The fourth-order valence-electron chi connectivity index (χ4n) is 4.07. The van der Waals surface area contributed by atoms with Crippen molar-refractivity contribution in [3.63, 3.8) is 0 Å². The molecule has 1 N–H and O–H groups in total. The van der Waals surface area contributed by atoms with Gasteiger partial charge in [-0.3, -0.25) is 5.41 Å². The lowest BCUT2D eigenvalue weighted by Crippen LogP contribution is -2.40. The molecule has 0 atom stereocenters. The van der Waals surface area contributed by atoms with Gasteiger partial charge >= 0.3 is 0 Å². The van der Waals surface area contributed by atoms with Gasteiger partial charge in [0.1, 0.15) is 11.5 Å². The van der Waals surface area contributed by atoms with E-state index in [4.69, 9.17) is 14.9 Å². The lowest BCUT2D eigenvalue weighted by Gasteiger charge is -2.30. The van der Waals surface area contributed by atoms with Crippen LogP contribution >= 0.6 is 0 Å². The Morgan fingerprint density at radius 3 is 2.43 bits per heavy atom. The summed E-state index contributed by atoms with van der Waals surface area (Å²) >= 11 is 0. The Balaban J connectivity index is 1.71. The molecule has 3 aromatic rings. The van der Waals surface area contributed by atoms with Crippen LogP contribution in [0.5, 0.6) is 11.5 Å². The summed E-state index contributed by atoms with van der Waals surface area (Å²) in [5.74, 6) is 1.80. The zero-order valence-corrected chi connectivity index (χ0v) is 16.7. The number of hydrogen-bond donors (Lipinski definition) is 1. The molecule has 3 aromatic carbocycles. The number of nitrogens with zero attached hydrogens (tertiary/aromatic N) is 2. The summed E-state index contributed by atoms with van der Waals surface area (Å²) in [6, 6.07) is 16.4. The van der Waals surface area contributed by atoms with E-state index in [1.807, 2.05) is 42.1 Å². The maximum atomic E-state index is 8.83. The second-order valence-corrected chi connectivity index (χ2v) is 7.06. The van der Waals surface area contributed by atoms with Gasteiger partial charge in [-0.25, -0.2) is 0 Å². The highest BCUT2D eigenvalue weighted by Crippen LogP contribution is 2.38. The second kappa shape index (κ2) is 7.08. The van der Waals surface area contributed by atoms with E-state index in [1.165, 1.54) is 21.9 Å². The summed E-state index contributed by atoms with van der Waals surface area (Å²) in [5.41, 5.74) is 4.59. The summed E-state index contributed by atoms with van der Waals surface area (Å²) in [7, 11) is 7.10. The normalized spacial score (nSPS) is 12.1. The van der Waals surface area contributed by atoms with E-state index in [2.05, 4.69) is 30.3 Å². The van der Waals surface area contributed by atoms with Gasteiger partial charge < -0.3 is 19.3 Å². The first-order chi connectivity index (χ1) is 13.5. The molecule has 0 heterocycles. The zero-order chi connectivity index (χ0) is 19.8. The predicted octanol–water partition coefficient (Wildman–Crippen LogP) is 4.46. The van der Waals surface area contributed by atoms with Crippen LogP contribution in [0.1, 0.15) is 11.1 Å². The van der Waals surface area contributed by atoms with Crippen LogP contribution in [0.15, 0.2) is 48.5 Å². The van der Waals surface area contributed by atoms with Crippen molar-refractivity contribution in [2.24, 2.45) is 0 Å². The Morgan fingerprint density at radius 1 is 0.893 bits per heavy atom. The van der Waals surface area contributed by atoms with E-state index in [-0.39, 0.29) is 0 Å². The first-order valence-corrected chi connectivity index (χ1v) is 9.36. The highest BCUT2D eigenvalue weighted by atomic mass is 16.5. The molecule has 28 heavy (non-hydrogen) atoms. The van der Waals surface area contributed by atoms with Gasteiger partial charge in [-0.05, 0) is 52.9 Å². The van der Waals surface area contributed by atoms with Crippen molar-refractivity contribution in [2.75, 3.05) is 38.1 Å². The molecule has 5 heteroatoms. The summed E-state index contributed by atoms with van der Waals surface area (Å²) in [6.45, 7) is 0. The molecule has 0 bridgehead atoms. The van der Waals surface area contributed by atoms with Crippen LogP contribution in [-0.2, 0) is 12.8 Å². The van der Waals surface area contributed by atoms with Crippen LogP contribution in [0.3, 0.4) is 0 Å². The Morgan fingerprint density at radius 2 is 1.68 bits per heavy atom. The number of ether oxygens (including phenoxy) is 2. The van der Waals surface area contributed by atoms with E-state index in [0.29, 0.717) is 11.7 Å². The summed E-state index contributed by atoms with van der Waals surface area (Å²) in [4.78, 5) is 3.76. The number of guanidine groups is 1. The minimum atomic E-state index is 0.367.